The SMILES string of the molecule is [CH-]1CCC1.[Fe]. The van der Waals surface area contributed by atoms with Crippen LogP contribution in [0.2, 0.25) is 0 Å². The molecule has 0 aromatic carbocycles. The monoisotopic (exact) mass is 111 g/mol. The summed E-state index contributed by atoms with van der Waals surface area (Å²) in [5.41, 5.74) is 0. The van der Waals surface area contributed by atoms with Crippen molar-refractivity contribution in [3.05, 3.63) is 6.42 Å². The summed E-state index contributed by atoms with van der Waals surface area (Å²) in [6, 6.07) is 0. The van der Waals surface area contributed by atoms with E-state index < -0.39 is 0 Å². The van der Waals surface area contributed by atoms with E-state index in [1.165, 1.54) is 19.3 Å². The van der Waals surface area contributed by atoms with Gasteiger partial charge >= 0.3 is 0 Å². The van der Waals surface area contributed by atoms with Gasteiger partial charge in [0, 0.05) is 17.1 Å². The third-order valence-corrected chi connectivity index (χ3v) is 0.816. The molecule has 0 saturated heterocycles. The number of hydrogen-bond acceptors (Lipinski definition) is 0. The molecule has 1 heteroatoms. The van der Waals surface area contributed by atoms with E-state index in [4.69, 9.17) is 0 Å². The Morgan fingerprint density at radius 1 is 1.20 bits per heavy atom. The van der Waals surface area contributed by atoms with Gasteiger partial charge in [-0.3, -0.25) is 0 Å². The Balaban J connectivity index is 0.000000160. The molecule has 0 radical (unpaired) electrons. The second-order valence-corrected chi connectivity index (χ2v) is 1.22. The molecule has 1 aliphatic carbocycles. The van der Waals surface area contributed by atoms with E-state index >= 15 is 0 Å². The van der Waals surface area contributed by atoms with E-state index in [0.717, 1.165) is 0 Å². The molecule has 0 bridgehead atoms. The van der Waals surface area contributed by atoms with Gasteiger partial charge in [-0.05, 0) is 0 Å². The minimum atomic E-state index is 0. The molecule has 0 aromatic rings. The largest absolute Gasteiger partial charge is 0.329 e. The van der Waals surface area contributed by atoms with Crippen molar-refractivity contribution >= 4 is 0 Å². The summed E-state index contributed by atoms with van der Waals surface area (Å²) < 4.78 is 0. The quantitative estimate of drug-likeness (QED) is 0.327. The van der Waals surface area contributed by atoms with Gasteiger partial charge in [-0.1, -0.05) is 0 Å². The fraction of sp³-hybridized carbons (Fsp3) is 0.750. The Labute approximate surface area is 43.4 Å². The molecule has 0 atom stereocenters. The molecule has 0 nitrogen and oxygen atoms in total. The minimum absolute atomic E-state index is 0. The Morgan fingerprint density at radius 3 is 1.40 bits per heavy atom. The van der Waals surface area contributed by atoms with E-state index in [-0.39, 0.29) is 17.1 Å². The van der Waals surface area contributed by atoms with Crippen LogP contribution in [0.4, 0.5) is 0 Å². The number of hydrogen-bond donors (Lipinski definition) is 0. The molecule has 0 spiro atoms. The zero-order valence-electron chi connectivity index (χ0n) is 3.05. The van der Waals surface area contributed by atoms with Gasteiger partial charge < -0.3 is 6.42 Å². The molecular formula is C4H7Fe-. The molecule has 0 amide bonds. The number of rotatable bonds is 0. The van der Waals surface area contributed by atoms with Crippen LogP contribution < -0.4 is 0 Å². The average molecular weight is 111 g/mol. The maximum absolute atomic E-state index is 2.31. The third-order valence-electron chi connectivity index (χ3n) is 0.816. The Morgan fingerprint density at radius 2 is 1.40 bits per heavy atom. The maximum Gasteiger partial charge on any atom is 0 e. The molecular weight excluding hydrogens is 104 g/mol. The van der Waals surface area contributed by atoms with Crippen molar-refractivity contribution in [2.24, 2.45) is 0 Å². The molecule has 1 rings (SSSR count). The zero-order valence-corrected chi connectivity index (χ0v) is 4.16. The normalized spacial score (nSPS) is 19.2. The Hall–Kier alpha value is 0.519. The molecule has 1 fully saturated rings. The van der Waals surface area contributed by atoms with Gasteiger partial charge in [0.25, 0.3) is 0 Å². The van der Waals surface area contributed by atoms with Crippen LogP contribution in [0.1, 0.15) is 19.3 Å². The van der Waals surface area contributed by atoms with E-state index in [0.29, 0.717) is 0 Å². The molecule has 1 saturated carbocycles. The van der Waals surface area contributed by atoms with Crippen LogP contribution >= 0.6 is 0 Å². The van der Waals surface area contributed by atoms with Crippen LogP contribution in [0.3, 0.4) is 0 Å². The van der Waals surface area contributed by atoms with Crippen molar-refractivity contribution < 1.29 is 17.1 Å². The molecule has 32 valence electrons. The van der Waals surface area contributed by atoms with Gasteiger partial charge in [-0.25, -0.2) is 0 Å². The first-order valence-electron chi connectivity index (χ1n) is 1.82. The first kappa shape index (κ1) is 5.52. The molecule has 0 aliphatic heterocycles. The van der Waals surface area contributed by atoms with Gasteiger partial charge in [-0.15, -0.1) is 6.42 Å². The van der Waals surface area contributed by atoms with Gasteiger partial charge in [0.15, 0.2) is 0 Å². The van der Waals surface area contributed by atoms with Gasteiger partial charge in [0.2, 0.25) is 0 Å². The van der Waals surface area contributed by atoms with Crippen molar-refractivity contribution in [1.29, 1.82) is 0 Å². The van der Waals surface area contributed by atoms with Gasteiger partial charge in [0.1, 0.15) is 0 Å². The smallest absolute Gasteiger partial charge is 0 e. The predicted octanol–water partition coefficient (Wildman–Crippen LogP) is 1.37. The van der Waals surface area contributed by atoms with Crippen molar-refractivity contribution in [3.8, 4) is 0 Å². The van der Waals surface area contributed by atoms with Crippen LogP contribution in [0.5, 0.6) is 0 Å². The molecule has 0 aromatic heterocycles. The fourth-order valence-electron chi connectivity index (χ4n) is 0.204. The Bertz CT molecular complexity index is 11.6. The molecule has 0 N–H and O–H groups in total. The van der Waals surface area contributed by atoms with Gasteiger partial charge in [0.05, 0.1) is 0 Å². The van der Waals surface area contributed by atoms with Gasteiger partial charge in [-0.2, -0.15) is 12.8 Å². The van der Waals surface area contributed by atoms with Crippen molar-refractivity contribution in [2.45, 2.75) is 19.3 Å². The van der Waals surface area contributed by atoms with Crippen LogP contribution in [0, 0.1) is 6.42 Å². The van der Waals surface area contributed by atoms with Crippen molar-refractivity contribution in [2.75, 3.05) is 0 Å². The molecule has 0 unspecified atom stereocenters. The summed E-state index contributed by atoms with van der Waals surface area (Å²) in [7, 11) is 0. The van der Waals surface area contributed by atoms with Crippen LogP contribution in [-0.2, 0) is 17.1 Å². The van der Waals surface area contributed by atoms with Crippen LogP contribution in [0.15, 0.2) is 0 Å². The summed E-state index contributed by atoms with van der Waals surface area (Å²) in [4.78, 5) is 0. The van der Waals surface area contributed by atoms with Crippen LogP contribution in [0.25, 0.3) is 0 Å². The second kappa shape index (κ2) is 2.74. The minimum Gasteiger partial charge on any atom is -0.329 e. The van der Waals surface area contributed by atoms with E-state index in [1.54, 1.807) is 0 Å². The molecule has 5 heavy (non-hydrogen) atoms. The van der Waals surface area contributed by atoms with E-state index in [9.17, 15) is 0 Å². The predicted molar refractivity (Wildman–Crippen MR) is 18.2 cm³/mol. The van der Waals surface area contributed by atoms with E-state index in [2.05, 4.69) is 6.42 Å². The van der Waals surface area contributed by atoms with Crippen molar-refractivity contribution in [1.82, 2.24) is 0 Å². The van der Waals surface area contributed by atoms with Crippen LogP contribution in [-0.4, -0.2) is 0 Å². The van der Waals surface area contributed by atoms with Crippen molar-refractivity contribution in [3.63, 3.8) is 0 Å². The third kappa shape index (κ3) is 1.40. The standard InChI is InChI=1S/C4H7.Fe/c1-2-4-3-1;/h1H,2-4H2;/q-1;. The topological polar surface area (TPSA) is 0 Å². The first-order valence-corrected chi connectivity index (χ1v) is 1.82. The summed E-state index contributed by atoms with van der Waals surface area (Å²) in [5.74, 6) is 0. The average Bonchev–Trinajstić information content (AvgIpc) is 0.722. The summed E-state index contributed by atoms with van der Waals surface area (Å²) >= 11 is 0. The summed E-state index contributed by atoms with van der Waals surface area (Å²) in [6.45, 7) is 0. The maximum atomic E-state index is 2.31. The molecule has 1 aliphatic rings. The molecule has 0 heterocycles. The summed E-state index contributed by atoms with van der Waals surface area (Å²) in [6.07, 6.45) is 6.50. The van der Waals surface area contributed by atoms with E-state index in [1.807, 2.05) is 0 Å². The fourth-order valence-corrected chi connectivity index (χ4v) is 0.204. The first-order chi connectivity index (χ1) is 2.00. The second-order valence-electron chi connectivity index (χ2n) is 1.22. The zero-order chi connectivity index (χ0) is 2.83. The Kier molecular flexibility index (Phi) is 3.03. The summed E-state index contributed by atoms with van der Waals surface area (Å²) in [5, 5.41) is 0.